The summed E-state index contributed by atoms with van der Waals surface area (Å²) in [6.07, 6.45) is 1.10. The van der Waals surface area contributed by atoms with Crippen LogP contribution in [0.5, 0.6) is 0 Å². The van der Waals surface area contributed by atoms with E-state index in [4.69, 9.17) is 0 Å². The van der Waals surface area contributed by atoms with E-state index in [1.165, 1.54) is 22.3 Å². The summed E-state index contributed by atoms with van der Waals surface area (Å²) in [5.74, 6) is 0. The van der Waals surface area contributed by atoms with Crippen LogP contribution < -0.4 is 0 Å². The summed E-state index contributed by atoms with van der Waals surface area (Å²) in [5.41, 5.74) is 5.75. The SMILES string of the molecule is C=C.C=C.C=C.C=C.c1ccc2c(c1)Cc1ccccc1-2. The highest BCUT2D eigenvalue weighted by Gasteiger charge is 2.15. The molecule has 3 rings (SSSR count). The van der Waals surface area contributed by atoms with Crippen LogP contribution in [0.2, 0.25) is 0 Å². The monoisotopic (exact) mass is 278 g/mol. The van der Waals surface area contributed by atoms with Crippen molar-refractivity contribution in [2.45, 2.75) is 6.42 Å². The molecular weight excluding hydrogens is 252 g/mol. The van der Waals surface area contributed by atoms with Crippen LogP contribution in [0.4, 0.5) is 0 Å². The minimum atomic E-state index is 1.10. The number of hydrogen-bond acceptors (Lipinski definition) is 0. The van der Waals surface area contributed by atoms with Crippen LogP contribution in [0.3, 0.4) is 0 Å². The largest absolute Gasteiger partial charge is 0.106 e. The summed E-state index contributed by atoms with van der Waals surface area (Å²) in [7, 11) is 0. The summed E-state index contributed by atoms with van der Waals surface area (Å²) in [6.45, 7) is 24.0. The summed E-state index contributed by atoms with van der Waals surface area (Å²) >= 11 is 0. The Labute approximate surface area is 130 Å². The number of rotatable bonds is 0. The van der Waals surface area contributed by atoms with Crippen molar-refractivity contribution in [1.82, 2.24) is 0 Å². The molecule has 110 valence electrons. The topological polar surface area (TPSA) is 0 Å². The summed E-state index contributed by atoms with van der Waals surface area (Å²) < 4.78 is 0. The Bertz CT molecular complexity index is 459. The van der Waals surface area contributed by atoms with Crippen LogP contribution in [0.1, 0.15) is 11.1 Å². The van der Waals surface area contributed by atoms with Crippen LogP contribution >= 0.6 is 0 Å². The first kappa shape index (κ1) is 20.7. The highest BCUT2D eigenvalue weighted by molar-refractivity contribution is 5.76. The Balaban J connectivity index is 0. The molecule has 0 saturated heterocycles. The van der Waals surface area contributed by atoms with Gasteiger partial charge in [-0.2, -0.15) is 0 Å². The fourth-order valence-corrected chi connectivity index (χ4v) is 2.08. The Hall–Kier alpha value is -2.60. The maximum Gasteiger partial charge on any atom is -0.00135 e. The summed E-state index contributed by atoms with van der Waals surface area (Å²) in [6, 6.07) is 17.3. The molecular formula is C21H26. The van der Waals surface area contributed by atoms with E-state index in [9.17, 15) is 0 Å². The predicted molar refractivity (Wildman–Crippen MR) is 99.7 cm³/mol. The van der Waals surface area contributed by atoms with Crippen molar-refractivity contribution in [2.75, 3.05) is 0 Å². The quantitative estimate of drug-likeness (QED) is 0.413. The molecule has 0 spiro atoms. The lowest BCUT2D eigenvalue weighted by Crippen LogP contribution is -1.77. The molecule has 0 N–H and O–H groups in total. The molecule has 0 nitrogen and oxygen atoms in total. The first-order chi connectivity index (χ1) is 10.4. The van der Waals surface area contributed by atoms with Gasteiger partial charge in [0.05, 0.1) is 0 Å². The van der Waals surface area contributed by atoms with Gasteiger partial charge in [0, 0.05) is 0 Å². The predicted octanol–water partition coefficient (Wildman–Crippen LogP) is 6.47. The van der Waals surface area contributed by atoms with Crippen LogP contribution in [-0.4, -0.2) is 0 Å². The molecule has 0 aromatic heterocycles. The van der Waals surface area contributed by atoms with Crippen molar-refractivity contribution >= 4 is 0 Å². The second-order valence-electron chi connectivity index (χ2n) is 3.49. The molecule has 0 heterocycles. The smallest absolute Gasteiger partial charge is 0.00135 e. The molecule has 0 amide bonds. The van der Waals surface area contributed by atoms with Crippen molar-refractivity contribution in [3.63, 3.8) is 0 Å². The van der Waals surface area contributed by atoms with Crippen molar-refractivity contribution in [3.8, 4) is 11.1 Å². The Morgan fingerprint density at radius 1 is 0.476 bits per heavy atom. The normalized spacial score (nSPS) is 8.38. The third-order valence-corrected chi connectivity index (χ3v) is 2.71. The van der Waals surface area contributed by atoms with Crippen molar-refractivity contribution in [2.24, 2.45) is 0 Å². The van der Waals surface area contributed by atoms with Gasteiger partial charge in [0.1, 0.15) is 0 Å². The van der Waals surface area contributed by atoms with Gasteiger partial charge in [0.15, 0.2) is 0 Å². The molecule has 21 heavy (non-hydrogen) atoms. The van der Waals surface area contributed by atoms with E-state index in [0.29, 0.717) is 0 Å². The average molecular weight is 278 g/mol. The second kappa shape index (κ2) is 13.8. The molecule has 0 radical (unpaired) electrons. The van der Waals surface area contributed by atoms with Crippen molar-refractivity contribution in [3.05, 3.63) is 112 Å². The zero-order chi connectivity index (χ0) is 16.7. The second-order valence-corrected chi connectivity index (χ2v) is 3.49. The molecule has 0 saturated carbocycles. The molecule has 2 aromatic rings. The van der Waals surface area contributed by atoms with Gasteiger partial charge in [-0.05, 0) is 28.7 Å². The first-order valence-electron chi connectivity index (χ1n) is 6.61. The summed E-state index contributed by atoms with van der Waals surface area (Å²) in [5, 5.41) is 0. The minimum Gasteiger partial charge on any atom is -0.106 e. The third-order valence-electron chi connectivity index (χ3n) is 2.71. The number of benzene rings is 2. The standard InChI is InChI=1S/C13H10.4C2H4/c1-3-7-12-10(5-1)9-11-6-2-4-8-13(11)12;4*1-2/h1-8H,9H2;4*1-2H2. The van der Waals surface area contributed by atoms with Gasteiger partial charge in [-0.25, -0.2) is 0 Å². The van der Waals surface area contributed by atoms with Crippen LogP contribution in [0.25, 0.3) is 11.1 Å². The molecule has 0 fully saturated rings. The molecule has 2 aromatic carbocycles. The molecule has 0 atom stereocenters. The highest BCUT2D eigenvalue weighted by atomic mass is 14.2. The van der Waals surface area contributed by atoms with Crippen LogP contribution in [-0.2, 0) is 6.42 Å². The van der Waals surface area contributed by atoms with E-state index in [-0.39, 0.29) is 0 Å². The third kappa shape index (κ3) is 5.50. The van der Waals surface area contributed by atoms with E-state index >= 15 is 0 Å². The maximum absolute atomic E-state index is 3.00. The van der Waals surface area contributed by atoms with Crippen molar-refractivity contribution in [1.29, 1.82) is 0 Å². The number of hydrogen-bond donors (Lipinski definition) is 0. The van der Waals surface area contributed by atoms with E-state index < -0.39 is 0 Å². The average Bonchev–Trinajstić information content (AvgIpc) is 3.01. The lowest BCUT2D eigenvalue weighted by molar-refractivity contribution is 1.26. The molecule has 1 aliphatic carbocycles. The Morgan fingerprint density at radius 3 is 1.10 bits per heavy atom. The van der Waals surface area contributed by atoms with E-state index in [1.54, 1.807) is 0 Å². The molecule has 0 heteroatoms. The first-order valence-corrected chi connectivity index (χ1v) is 6.61. The van der Waals surface area contributed by atoms with E-state index in [0.717, 1.165) is 6.42 Å². The molecule has 1 aliphatic rings. The van der Waals surface area contributed by atoms with E-state index in [1.807, 2.05) is 0 Å². The van der Waals surface area contributed by atoms with Gasteiger partial charge in [-0.1, -0.05) is 48.5 Å². The molecule has 0 aliphatic heterocycles. The van der Waals surface area contributed by atoms with E-state index in [2.05, 4.69) is 101 Å². The van der Waals surface area contributed by atoms with Crippen LogP contribution in [0.15, 0.2) is 101 Å². The number of fused-ring (bicyclic) bond motifs is 3. The Morgan fingerprint density at radius 2 is 0.762 bits per heavy atom. The van der Waals surface area contributed by atoms with Gasteiger partial charge in [0.2, 0.25) is 0 Å². The zero-order valence-electron chi connectivity index (χ0n) is 13.0. The van der Waals surface area contributed by atoms with Gasteiger partial charge in [0.25, 0.3) is 0 Å². The van der Waals surface area contributed by atoms with Gasteiger partial charge >= 0.3 is 0 Å². The molecule has 0 bridgehead atoms. The van der Waals surface area contributed by atoms with Gasteiger partial charge in [-0.3, -0.25) is 0 Å². The fourth-order valence-electron chi connectivity index (χ4n) is 2.08. The summed E-state index contributed by atoms with van der Waals surface area (Å²) in [4.78, 5) is 0. The zero-order valence-corrected chi connectivity index (χ0v) is 13.0. The van der Waals surface area contributed by atoms with Crippen molar-refractivity contribution < 1.29 is 0 Å². The highest BCUT2D eigenvalue weighted by Crippen LogP contribution is 2.35. The fraction of sp³-hybridized carbons (Fsp3) is 0.0476. The maximum atomic E-state index is 3.00. The molecule has 0 unspecified atom stereocenters. The lowest BCUT2D eigenvalue weighted by atomic mass is 10.1. The minimum absolute atomic E-state index is 1.10. The lowest BCUT2D eigenvalue weighted by Gasteiger charge is -1.98. The van der Waals surface area contributed by atoms with Gasteiger partial charge in [-0.15, -0.1) is 52.6 Å². The van der Waals surface area contributed by atoms with Crippen LogP contribution in [0, 0.1) is 0 Å². The Kier molecular flexibility index (Phi) is 13.6. The van der Waals surface area contributed by atoms with Gasteiger partial charge < -0.3 is 0 Å².